The molecule has 2 amide bonds. The second kappa shape index (κ2) is 7.12. The van der Waals surface area contributed by atoms with E-state index in [2.05, 4.69) is 26.7 Å². The molecule has 2 bridgehead atoms. The van der Waals surface area contributed by atoms with Crippen LogP contribution in [0.4, 0.5) is 4.79 Å². The Balaban J connectivity index is 1.31. The average Bonchev–Trinajstić information content (AvgIpc) is 3.48. The van der Waals surface area contributed by atoms with Crippen LogP contribution in [0.15, 0.2) is 12.4 Å². The fourth-order valence-corrected chi connectivity index (χ4v) is 6.38. The van der Waals surface area contributed by atoms with Crippen LogP contribution in [0.1, 0.15) is 50.9 Å². The second-order valence-electron chi connectivity index (χ2n) is 9.01. The van der Waals surface area contributed by atoms with Crippen molar-refractivity contribution >= 4 is 6.03 Å². The maximum atomic E-state index is 13.2. The third-order valence-corrected chi connectivity index (χ3v) is 7.81. The number of nitrogens with zero attached hydrogens (tertiary/aromatic N) is 3. The Bertz CT molecular complexity index is 665. The van der Waals surface area contributed by atoms with E-state index in [4.69, 9.17) is 4.74 Å². The number of carbonyl (C=O) groups is 1. The molecule has 0 radical (unpaired) electrons. The number of imidazole rings is 1. The topological polar surface area (TPSA) is 59.4 Å². The summed E-state index contributed by atoms with van der Waals surface area (Å²) in [5.41, 5.74) is 0. The third kappa shape index (κ3) is 3.06. The lowest BCUT2D eigenvalue weighted by Gasteiger charge is -2.32. The van der Waals surface area contributed by atoms with Crippen molar-refractivity contribution in [3.05, 3.63) is 18.2 Å². The molecule has 6 heteroatoms. The fourth-order valence-electron chi connectivity index (χ4n) is 6.38. The highest BCUT2D eigenvalue weighted by molar-refractivity contribution is 5.75. The van der Waals surface area contributed by atoms with Gasteiger partial charge in [-0.3, -0.25) is 0 Å². The van der Waals surface area contributed by atoms with Gasteiger partial charge in [-0.05, 0) is 68.6 Å². The molecule has 5 atom stereocenters. The van der Waals surface area contributed by atoms with Crippen molar-refractivity contribution in [1.29, 1.82) is 0 Å². The van der Waals surface area contributed by atoms with Crippen molar-refractivity contribution < 1.29 is 9.53 Å². The Morgan fingerprint density at radius 1 is 1.22 bits per heavy atom. The zero-order valence-electron chi connectivity index (χ0n) is 16.3. The summed E-state index contributed by atoms with van der Waals surface area (Å²) < 4.78 is 7.73. The number of amides is 2. The van der Waals surface area contributed by atoms with E-state index in [0.29, 0.717) is 5.92 Å². The molecule has 2 saturated heterocycles. The van der Waals surface area contributed by atoms with Gasteiger partial charge in [0.25, 0.3) is 0 Å². The Labute approximate surface area is 161 Å². The molecule has 2 aliphatic carbocycles. The molecule has 148 valence electrons. The summed E-state index contributed by atoms with van der Waals surface area (Å²) in [6, 6.07) is 0.0967. The lowest BCUT2D eigenvalue weighted by molar-refractivity contribution is 0.0524. The van der Waals surface area contributed by atoms with Gasteiger partial charge in [-0.1, -0.05) is 0 Å². The van der Waals surface area contributed by atoms with E-state index in [0.717, 1.165) is 75.2 Å². The molecular weight excluding hydrogens is 340 g/mol. The molecule has 2 aliphatic heterocycles. The maximum Gasteiger partial charge on any atom is 0.318 e. The van der Waals surface area contributed by atoms with Gasteiger partial charge in [0.05, 0.1) is 6.04 Å². The van der Waals surface area contributed by atoms with Gasteiger partial charge in [0.15, 0.2) is 0 Å². The number of ether oxygens (including phenoxy) is 1. The molecule has 4 fully saturated rings. The number of rotatable bonds is 4. The maximum absolute atomic E-state index is 13.2. The van der Waals surface area contributed by atoms with Crippen molar-refractivity contribution in [2.75, 3.05) is 26.3 Å². The lowest BCUT2D eigenvalue weighted by Crippen LogP contribution is -2.44. The van der Waals surface area contributed by atoms with Crippen molar-refractivity contribution in [3.8, 4) is 0 Å². The molecule has 4 aliphatic rings. The number of aromatic nitrogens is 2. The van der Waals surface area contributed by atoms with E-state index in [1.165, 1.54) is 19.3 Å². The number of hydrogen-bond donors (Lipinski definition) is 1. The number of aryl methyl sites for hydroxylation is 1. The van der Waals surface area contributed by atoms with Crippen LogP contribution in [0.3, 0.4) is 0 Å². The Hall–Kier alpha value is -1.56. The Kier molecular flexibility index (Phi) is 4.62. The van der Waals surface area contributed by atoms with E-state index in [1.54, 1.807) is 0 Å². The van der Waals surface area contributed by atoms with Crippen LogP contribution >= 0.6 is 0 Å². The molecular formula is C21H32N4O2. The van der Waals surface area contributed by atoms with Gasteiger partial charge in [-0.25, -0.2) is 9.78 Å². The molecule has 2 saturated carbocycles. The molecule has 6 nitrogen and oxygen atoms in total. The van der Waals surface area contributed by atoms with Crippen LogP contribution in [-0.2, 0) is 11.3 Å². The van der Waals surface area contributed by atoms with Gasteiger partial charge in [0.2, 0.25) is 0 Å². The molecule has 5 rings (SSSR count). The van der Waals surface area contributed by atoms with E-state index < -0.39 is 0 Å². The van der Waals surface area contributed by atoms with Crippen molar-refractivity contribution in [3.63, 3.8) is 0 Å². The highest BCUT2D eigenvalue weighted by Crippen LogP contribution is 2.55. The molecule has 27 heavy (non-hydrogen) atoms. The number of likely N-dealkylation sites (tertiary alicyclic amines) is 1. The van der Waals surface area contributed by atoms with Gasteiger partial charge >= 0.3 is 6.03 Å². The number of hydrogen-bond acceptors (Lipinski definition) is 3. The first-order valence-corrected chi connectivity index (χ1v) is 10.9. The smallest absolute Gasteiger partial charge is 0.318 e. The van der Waals surface area contributed by atoms with Crippen LogP contribution in [0.2, 0.25) is 0 Å². The molecule has 1 aromatic rings. The Morgan fingerprint density at radius 3 is 2.59 bits per heavy atom. The molecule has 5 unspecified atom stereocenters. The van der Waals surface area contributed by atoms with E-state index >= 15 is 0 Å². The summed E-state index contributed by atoms with van der Waals surface area (Å²) in [5.74, 6) is 4.67. The van der Waals surface area contributed by atoms with Crippen LogP contribution in [0.25, 0.3) is 0 Å². The molecule has 0 aromatic carbocycles. The normalized spacial score (nSPS) is 34.0. The number of urea groups is 1. The van der Waals surface area contributed by atoms with Gasteiger partial charge in [0, 0.05) is 45.2 Å². The highest BCUT2D eigenvalue weighted by atomic mass is 16.5. The zero-order chi connectivity index (χ0) is 18.4. The Morgan fingerprint density at radius 2 is 1.93 bits per heavy atom. The number of nitrogens with one attached hydrogen (secondary N) is 1. The molecule has 1 N–H and O–H groups in total. The number of fused-ring (bicyclic) bond motifs is 5. The van der Waals surface area contributed by atoms with Gasteiger partial charge in [-0.2, -0.15) is 0 Å². The van der Waals surface area contributed by atoms with Crippen LogP contribution < -0.4 is 5.32 Å². The standard InChI is InChI=1S/C21H32N4O2/c1-2-24-8-7-22-20(24)19(14-5-9-27-10-6-14)23-21(26)25-12-17-15-3-4-16(11-15)18(17)13-25/h7-8,14-19H,2-6,9-13H2,1H3,(H,23,26). The van der Waals surface area contributed by atoms with Crippen LogP contribution in [0.5, 0.6) is 0 Å². The average molecular weight is 373 g/mol. The van der Waals surface area contributed by atoms with Crippen molar-refractivity contribution in [2.45, 2.75) is 51.6 Å². The molecule has 3 heterocycles. The summed E-state index contributed by atoms with van der Waals surface area (Å²) in [4.78, 5) is 19.9. The van der Waals surface area contributed by atoms with Gasteiger partial charge in [-0.15, -0.1) is 0 Å². The lowest BCUT2D eigenvalue weighted by atomic mass is 9.82. The first-order chi connectivity index (χ1) is 13.2. The quantitative estimate of drug-likeness (QED) is 0.884. The first-order valence-electron chi connectivity index (χ1n) is 10.9. The van der Waals surface area contributed by atoms with E-state index in [9.17, 15) is 4.79 Å². The summed E-state index contributed by atoms with van der Waals surface area (Å²) in [6.45, 7) is 6.48. The van der Waals surface area contributed by atoms with Crippen LogP contribution in [0, 0.1) is 29.6 Å². The predicted octanol–water partition coefficient (Wildman–Crippen LogP) is 3.06. The van der Waals surface area contributed by atoms with Crippen molar-refractivity contribution in [2.24, 2.45) is 29.6 Å². The van der Waals surface area contributed by atoms with Gasteiger partial charge < -0.3 is 19.5 Å². The highest BCUT2D eigenvalue weighted by Gasteiger charge is 2.52. The summed E-state index contributed by atoms with van der Waals surface area (Å²) in [5, 5.41) is 3.39. The van der Waals surface area contributed by atoms with E-state index in [1.807, 2.05) is 12.4 Å². The van der Waals surface area contributed by atoms with Gasteiger partial charge in [0.1, 0.15) is 5.82 Å². The molecule has 0 spiro atoms. The minimum Gasteiger partial charge on any atom is -0.381 e. The summed E-state index contributed by atoms with van der Waals surface area (Å²) in [7, 11) is 0. The zero-order valence-corrected chi connectivity index (χ0v) is 16.3. The summed E-state index contributed by atoms with van der Waals surface area (Å²) in [6.07, 6.45) is 10.0. The van der Waals surface area contributed by atoms with Crippen molar-refractivity contribution in [1.82, 2.24) is 19.8 Å². The monoisotopic (exact) mass is 372 g/mol. The SMILES string of the molecule is CCn1ccnc1C(NC(=O)N1CC2C3CCC(C3)C2C1)C1CCOCC1. The van der Waals surface area contributed by atoms with E-state index in [-0.39, 0.29) is 12.1 Å². The fraction of sp³-hybridized carbons (Fsp3) is 0.810. The minimum absolute atomic E-state index is 0.0199. The molecule has 1 aromatic heterocycles. The third-order valence-electron chi connectivity index (χ3n) is 7.81. The summed E-state index contributed by atoms with van der Waals surface area (Å²) >= 11 is 0. The second-order valence-corrected chi connectivity index (χ2v) is 9.01. The number of carbonyl (C=O) groups excluding carboxylic acids is 1. The van der Waals surface area contributed by atoms with Crippen LogP contribution in [-0.4, -0.2) is 46.8 Å². The predicted molar refractivity (Wildman–Crippen MR) is 102 cm³/mol. The minimum atomic E-state index is -0.0199. The first kappa shape index (κ1) is 17.5. The largest absolute Gasteiger partial charge is 0.381 e.